The minimum atomic E-state index is 0.546. The summed E-state index contributed by atoms with van der Waals surface area (Å²) >= 11 is 0. The molecule has 1 aliphatic rings. The van der Waals surface area contributed by atoms with Crippen LogP contribution in [0.2, 0.25) is 0 Å². The number of aromatic nitrogens is 3. The molecule has 0 spiro atoms. The Labute approximate surface area is 158 Å². The van der Waals surface area contributed by atoms with Crippen LogP contribution in [0.25, 0.3) is 11.1 Å². The van der Waals surface area contributed by atoms with Gasteiger partial charge < -0.3 is 20.7 Å². The van der Waals surface area contributed by atoms with Crippen molar-refractivity contribution in [3.63, 3.8) is 0 Å². The fraction of sp³-hybridized carbons (Fsp3) is 0.250. The molecule has 0 aliphatic carbocycles. The first kappa shape index (κ1) is 17.1. The van der Waals surface area contributed by atoms with E-state index in [0.29, 0.717) is 5.95 Å². The van der Waals surface area contributed by atoms with Crippen LogP contribution in [0, 0.1) is 6.92 Å². The Morgan fingerprint density at radius 3 is 2.85 bits per heavy atom. The quantitative estimate of drug-likeness (QED) is 0.639. The second-order valence-corrected chi connectivity index (χ2v) is 6.40. The summed E-state index contributed by atoms with van der Waals surface area (Å²) in [5.41, 5.74) is 5.94. The van der Waals surface area contributed by atoms with Gasteiger partial charge in [-0.25, -0.2) is 4.98 Å². The lowest BCUT2D eigenvalue weighted by molar-refractivity contribution is 0.416. The highest BCUT2D eigenvalue weighted by Crippen LogP contribution is 2.35. The van der Waals surface area contributed by atoms with Crippen LogP contribution in [0.1, 0.15) is 11.4 Å². The van der Waals surface area contributed by atoms with Crippen LogP contribution in [-0.4, -0.2) is 35.7 Å². The van der Waals surface area contributed by atoms with Crippen LogP contribution in [0.15, 0.2) is 36.5 Å². The summed E-state index contributed by atoms with van der Waals surface area (Å²) in [6.07, 6.45) is 2.86. The van der Waals surface area contributed by atoms with Crippen molar-refractivity contribution in [1.29, 1.82) is 0 Å². The highest BCUT2D eigenvalue weighted by Gasteiger charge is 2.15. The van der Waals surface area contributed by atoms with E-state index in [0.717, 1.165) is 58.4 Å². The van der Waals surface area contributed by atoms with Crippen molar-refractivity contribution in [3.8, 4) is 16.9 Å². The molecule has 0 radical (unpaired) electrons. The van der Waals surface area contributed by atoms with E-state index in [4.69, 9.17) is 4.74 Å². The second kappa shape index (κ2) is 7.11. The zero-order chi connectivity index (χ0) is 18.8. The summed E-state index contributed by atoms with van der Waals surface area (Å²) in [5.74, 6) is 2.11. The summed E-state index contributed by atoms with van der Waals surface area (Å²) in [7, 11) is 3.51. The molecular weight excluding hydrogens is 340 g/mol. The molecule has 2 aromatic heterocycles. The van der Waals surface area contributed by atoms with Gasteiger partial charge >= 0.3 is 0 Å². The van der Waals surface area contributed by atoms with E-state index in [1.54, 1.807) is 7.11 Å². The highest BCUT2D eigenvalue weighted by atomic mass is 16.5. The van der Waals surface area contributed by atoms with E-state index in [9.17, 15) is 0 Å². The van der Waals surface area contributed by atoms with Crippen molar-refractivity contribution in [2.45, 2.75) is 13.3 Å². The number of hydrogen-bond donors (Lipinski definition) is 3. The number of nitrogens with zero attached hydrogens (tertiary/aromatic N) is 3. The van der Waals surface area contributed by atoms with Crippen LogP contribution in [0.4, 0.5) is 23.1 Å². The Hall–Kier alpha value is -3.35. The SMILES string of the molecule is CNc1cc(C)nc(Nc2ccc(OC)c(-c3cnc4c(c3)NCC4)c2)n1. The molecule has 0 atom stereocenters. The molecule has 0 saturated carbocycles. The number of fused-ring (bicyclic) bond motifs is 1. The summed E-state index contributed by atoms with van der Waals surface area (Å²) in [4.78, 5) is 13.5. The van der Waals surface area contributed by atoms with Gasteiger partial charge in [0.2, 0.25) is 5.95 Å². The number of rotatable bonds is 5. The molecule has 0 fully saturated rings. The normalized spacial score (nSPS) is 12.3. The van der Waals surface area contributed by atoms with Gasteiger partial charge in [0.05, 0.1) is 18.5 Å². The number of benzene rings is 1. The lowest BCUT2D eigenvalue weighted by Gasteiger charge is -2.13. The number of ether oxygens (including phenoxy) is 1. The van der Waals surface area contributed by atoms with Gasteiger partial charge in [0.1, 0.15) is 11.6 Å². The third-order valence-electron chi connectivity index (χ3n) is 4.52. The topological polar surface area (TPSA) is 84.0 Å². The maximum absolute atomic E-state index is 5.56. The minimum Gasteiger partial charge on any atom is -0.496 e. The van der Waals surface area contributed by atoms with Crippen molar-refractivity contribution in [2.24, 2.45) is 0 Å². The molecule has 7 heteroatoms. The van der Waals surface area contributed by atoms with E-state index in [-0.39, 0.29) is 0 Å². The van der Waals surface area contributed by atoms with Crippen LogP contribution in [0.5, 0.6) is 5.75 Å². The fourth-order valence-electron chi connectivity index (χ4n) is 3.20. The monoisotopic (exact) mass is 362 g/mol. The molecule has 0 saturated heterocycles. The highest BCUT2D eigenvalue weighted by molar-refractivity contribution is 5.78. The lowest BCUT2D eigenvalue weighted by atomic mass is 10.0. The van der Waals surface area contributed by atoms with E-state index >= 15 is 0 Å². The molecule has 0 amide bonds. The number of anilines is 4. The van der Waals surface area contributed by atoms with Gasteiger partial charge in [0.15, 0.2) is 0 Å². The summed E-state index contributed by atoms with van der Waals surface area (Å²) in [6, 6.07) is 9.94. The molecule has 7 nitrogen and oxygen atoms in total. The smallest absolute Gasteiger partial charge is 0.229 e. The van der Waals surface area contributed by atoms with E-state index in [1.807, 2.05) is 44.4 Å². The summed E-state index contributed by atoms with van der Waals surface area (Å²) in [6.45, 7) is 2.87. The Balaban J connectivity index is 1.70. The van der Waals surface area contributed by atoms with E-state index < -0.39 is 0 Å². The van der Waals surface area contributed by atoms with Crippen LogP contribution >= 0.6 is 0 Å². The maximum atomic E-state index is 5.56. The third-order valence-corrected chi connectivity index (χ3v) is 4.52. The van der Waals surface area contributed by atoms with Gasteiger partial charge in [-0.3, -0.25) is 4.98 Å². The molecule has 1 aliphatic heterocycles. The molecule has 3 heterocycles. The van der Waals surface area contributed by atoms with Crippen molar-refractivity contribution in [1.82, 2.24) is 15.0 Å². The average molecular weight is 362 g/mol. The molecule has 27 heavy (non-hydrogen) atoms. The zero-order valence-corrected chi connectivity index (χ0v) is 15.6. The van der Waals surface area contributed by atoms with Gasteiger partial charge in [-0.15, -0.1) is 0 Å². The standard InChI is InChI=1S/C20H22N6O/c1-12-8-19(21-2)26-20(24-12)25-14-4-5-18(27-3)15(10-14)13-9-17-16(23-11-13)6-7-22-17/h4-5,8-11,22H,6-7H2,1-3H3,(H2,21,24,25,26). The first-order valence-corrected chi connectivity index (χ1v) is 8.88. The molecule has 0 unspecified atom stereocenters. The van der Waals surface area contributed by atoms with Crippen LogP contribution < -0.4 is 20.7 Å². The second-order valence-electron chi connectivity index (χ2n) is 6.40. The van der Waals surface area contributed by atoms with E-state index in [1.165, 1.54) is 0 Å². The van der Waals surface area contributed by atoms with Gasteiger partial charge in [0, 0.05) is 54.8 Å². The lowest BCUT2D eigenvalue weighted by Crippen LogP contribution is -2.02. The van der Waals surface area contributed by atoms with Gasteiger partial charge in [0.25, 0.3) is 0 Å². The first-order chi connectivity index (χ1) is 13.2. The number of methoxy groups -OCH3 is 1. The number of pyridine rings is 1. The predicted molar refractivity (Wildman–Crippen MR) is 108 cm³/mol. The summed E-state index contributed by atoms with van der Waals surface area (Å²) < 4.78 is 5.56. The Kier molecular flexibility index (Phi) is 4.50. The predicted octanol–water partition coefficient (Wildman–Crippen LogP) is 3.61. The average Bonchev–Trinajstić information content (AvgIpc) is 3.15. The molecule has 0 bridgehead atoms. The minimum absolute atomic E-state index is 0.546. The number of hydrogen-bond acceptors (Lipinski definition) is 7. The fourth-order valence-corrected chi connectivity index (χ4v) is 3.20. The zero-order valence-electron chi connectivity index (χ0n) is 15.6. The van der Waals surface area contributed by atoms with Gasteiger partial charge in [-0.2, -0.15) is 4.98 Å². The Morgan fingerprint density at radius 1 is 1.15 bits per heavy atom. The number of nitrogens with one attached hydrogen (secondary N) is 3. The van der Waals surface area contributed by atoms with Crippen LogP contribution in [0.3, 0.4) is 0 Å². The van der Waals surface area contributed by atoms with E-state index in [2.05, 4.69) is 37.0 Å². The van der Waals surface area contributed by atoms with Crippen molar-refractivity contribution >= 4 is 23.1 Å². The Morgan fingerprint density at radius 2 is 2.04 bits per heavy atom. The van der Waals surface area contributed by atoms with Crippen molar-refractivity contribution in [2.75, 3.05) is 36.7 Å². The molecule has 3 aromatic rings. The summed E-state index contributed by atoms with van der Waals surface area (Å²) in [5, 5.41) is 9.70. The molecule has 138 valence electrons. The van der Waals surface area contributed by atoms with Crippen molar-refractivity contribution < 1.29 is 4.74 Å². The largest absolute Gasteiger partial charge is 0.496 e. The molecule has 1 aromatic carbocycles. The Bertz CT molecular complexity index is 988. The number of aryl methyl sites for hydroxylation is 1. The van der Waals surface area contributed by atoms with Crippen LogP contribution in [-0.2, 0) is 6.42 Å². The molecule has 4 rings (SSSR count). The molecule has 3 N–H and O–H groups in total. The van der Waals surface area contributed by atoms with Crippen molar-refractivity contribution in [3.05, 3.63) is 47.9 Å². The molecular formula is C20H22N6O. The van der Waals surface area contributed by atoms with Gasteiger partial charge in [-0.05, 0) is 31.2 Å². The third kappa shape index (κ3) is 3.48. The van der Waals surface area contributed by atoms with Gasteiger partial charge in [-0.1, -0.05) is 0 Å². The maximum Gasteiger partial charge on any atom is 0.229 e. The first-order valence-electron chi connectivity index (χ1n) is 8.88.